The van der Waals surface area contributed by atoms with E-state index >= 15 is 0 Å². The molecule has 1 unspecified atom stereocenters. The molecule has 1 aromatic heterocycles. The molecule has 2 aromatic carbocycles. The van der Waals surface area contributed by atoms with Gasteiger partial charge in [0.15, 0.2) is 0 Å². The first-order valence-electron chi connectivity index (χ1n) is 19.1. The zero-order valence-corrected chi connectivity index (χ0v) is 31.1. The topological polar surface area (TPSA) is 35.0 Å². The largest absolute Gasteiger partial charge is 0.416 e. The van der Waals surface area contributed by atoms with Gasteiger partial charge in [0.05, 0.1) is 11.1 Å². The molecule has 6 nitrogen and oxygen atoms in total. The van der Waals surface area contributed by atoms with Gasteiger partial charge in [0.1, 0.15) is 0 Å². The maximum Gasteiger partial charge on any atom is 0.416 e. The average molecular weight is 694 g/mol. The summed E-state index contributed by atoms with van der Waals surface area (Å²) in [6.45, 7) is 22.5. The van der Waals surface area contributed by atoms with Crippen LogP contribution in [0.4, 0.5) is 13.2 Å². The molecule has 3 aliphatic heterocycles. The molecule has 0 bridgehead atoms. The van der Waals surface area contributed by atoms with E-state index in [1.165, 1.54) is 5.56 Å². The Balaban J connectivity index is 1.27. The van der Waals surface area contributed by atoms with Crippen LogP contribution in [0.15, 0.2) is 48.7 Å². The van der Waals surface area contributed by atoms with Gasteiger partial charge < -0.3 is 19.3 Å². The van der Waals surface area contributed by atoms with Gasteiger partial charge in [0.2, 0.25) is 0 Å². The van der Waals surface area contributed by atoms with E-state index in [4.69, 9.17) is 0 Å². The van der Waals surface area contributed by atoms with Crippen molar-refractivity contribution in [1.29, 1.82) is 0 Å². The Labute approximate surface area is 297 Å². The highest BCUT2D eigenvalue weighted by molar-refractivity contribution is 5.99. The number of piperidine rings is 2. The van der Waals surface area contributed by atoms with E-state index in [0.717, 1.165) is 101 Å². The number of alkyl halides is 3. The fourth-order valence-electron chi connectivity index (χ4n) is 8.97. The van der Waals surface area contributed by atoms with E-state index in [9.17, 15) is 18.0 Å². The predicted octanol–water partition coefficient (Wildman–Crippen LogP) is 8.39. The predicted molar refractivity (Wildman–Crippen MR) is 197 cm³/mol. The van der Waals surface area contributed by atoms with Gasteiger partial charge in [-0.05, 0) is 131 Å². The van der Waals surface area contributed by atoms with Crippen LogP contribution in [0.25, 0.3) is 16.6 Å². The first-order valence-corrected chi connectivity index (χ1v) is 19.1. The zero-order valence-electron chi connectivity index (χ0n) is 31.1. The minimum Gasteiger partial charge on any atom is -0.336 e. The third-order valence-electron chi connectivity index (χ3n) is 11.4. The molecule has 3 fully saturated rings. The lowest BCUT2D eigenvalue weighted by Gasteiger charge is -2.48. The Bertz CT molecular complexity index is 1580. The number of likely N-dealkylation sites (tertiary alicyclic amines) is 2. The van der Waals surface area contributed by atoms with E-state index < -0.39 is 11.7 Å². The summed E-state index contributed by atoms with van der Waals surface area (Å²) in [5, 5.41) is 1.08. The van der Waals surface area contributed by atoms with Crippen molar-refractivity contribution >= 4 is 16.8 Å². The molecule has 0 radical (unpaired) electrons. The minimum absolute atomic E-state index is 0.0428. The highest BCUT2D eigenvalue weighted by Crippen LogP contribution is 2.38. The van der Waals surface area contributed by atoms with Crippen LogP contribution in [0, 0.1) is 17.8 Å². The van der Waals surface area contributed by atoms with E-state index in [2.05, 4.69) is 73.4 Å². The van der Waals surface area contributed by atoms with Crippen LogP contribution in [0.3, 0.4) is 0 Å². The van der Waals surface area contributed by atoms with Crippen LogP contribution in [0.1, 0.15) is 94.6 Å². The molecule has 0 aliphatic carbocycles. The molecule has 6 rings (SSSR count). The Morgan fingerprint density at radius 2 is 1.38 bits per heavy atom. The average Bonchev–Trinajstić information content (AvgIpc) is 3.46. The number of nitrogens with zero attached hydrogens (tertiary/aromatic N) is 5. The van der Waals surface area contributed by atoms with Gasteiger partial charge in [0, 0.05) is 67.6 Å². The number of amides is 1. The highest BCUT2D eigenvalue weighted by atomic mass is 19.4. The lowest BCUT2D eigenvalue weighted by Crippen LogP contribution is -2.60. The number of hydrogen-bond acceptors (Lipinski definition) is 4. The van der Waals surface area contributed by atoms with E-state index in [-0.39, 0.29) is 5.91 Å². The molecule has 0 spiro atoms. The van der Waals surface area contributed by atoms with E-state index in [1.807, 2.05) is 16.7 Å². The van der Waals surface area contributed by atoms with E-state index in [0.29, 0.717) is 53.6 Å². The summed E-state index contributed by atoms with van der Waals surface area (Å²) in [5.41, 5.74) is 2.76. The number of aromatic nitrogens is 1. The fraction of sp³-hybridized carbons (Fsp3) is 0.634. The summed E-state index contributed by atoms with van der Waals surface area (Å²) in [4.78, 5) is 24.1. The third kappa shape index (κ3) is 8.26. The summed E-state index contributed by atoms with van der Waals surface area (Å²) in [6.07, 6.45) is 2.12. The van der Waals surface area contributed by atoms with Gasteiger partial charge in [-0.25, -0.2) is 0 Å². The number of piperazine rings is 1. The van der Waals surface area contributed by atoms with E-state index in [1.54, 1.807) is 12.1 Å². The van der Waals surface area contributed by atoms with Crippen LogP contribution in [-0.4, -0.2) is 101 Å². The number of carbonyl (C=O) groups excluding carboxylic acids is 1. The number of fused-ring (bicyclic) bond motifs is 1. The molecule has 3 aliphatic rings. The Hall–Kier alpha value is -2.88. The van der Waals surface area contributed by atoms with Crippen molar-refractivity contribution in [2.24, 2.45) is 17.8 Å². The van der Waals surface area contributed by atoms with Gasteiger partial charge in [-0.2, -0.15) is 13.2 Å². The van der Waals surface area contributed by atoms with Crippen molar-refractivity contribution in [3.8, 4) is 5.69 Å². The summed E-state index contributed by atoms with van der Waals surface area (Å²) in [5.74, 6) is 2.25. The second-order valence-corrected chi connectivity index (χ2v) is 16.4. The zero-order chi connectivity index (χ0) is 35.7. The smallest absolute Gasteiger partial charge is 0.336 e. The summed E-state index contributed by atoms with van der Waals surface area (Å²) < 4.78 is 42.4. The number of carbonyl (C=O) groups is 1. The number of hydrogen-bond donors (Lipinski definition) is 0. The van der Waals surface area contributed by atoms with Crippen LogP contribution in [0.5, 0.6) is 0 Å². The standard InChI is InChI=1S/C41H58F3N5O/c1-28(2)24-45-17-13-31(14-18-45)37-26-49(35-10-8-34(9-11-35)41(42,43)44)38-23-33(7-12-36(37)38)40(50)47-21-22-48(30(5)6)39(27-47)32-15-19-46(20-16-32)25-29(3)4/h7-12,23,26,28-32,39H,13-22,24-25,27H2,1-6H3. The number of rotatable bonds is 9. The maximum atomic E-state index is 14.3. The first-order chi connectivity index (χ1) is 23.8. The first kappa shape index (κ1) is 36.9. The van der Waals surface area contributed by atoms with Gasteiger partial charge in [-0.3, -0.25) is 9.69 Å². The molecular weight excluding hydrogens is 635 g/mol. The van der Waals surface area contributed by atoms with Crippen molar-refractivity contribution in [2.75, 3.05) is 58.9 Å². The third-order valence-corrected chi connectivity index (χ3v) is 11.4. The molecular formula is C41H58F3N5O. The molecule has 0 saturated carbocycles. The molecule has 274 valence electrons. The van der Waals surface area contributed by atoms with Crippen molar-refractivity contribution in [2.45, 2.75) is 91.4 Å². The Morgan fingerprint density at radius 3 is 1.94 bits per heavy atom. The molecule has 3 saturated heterocycles. The molecule has 4 heterocycles. The van der Waals surface area contributed by atoms with Gasteiger partial charge in [-0.1, -0.05) is 33.8 Å². The molecule has 0 N–H and O–H groups in total. The number of halogens is 3. The summed E-state index contributed by atoms with van der Waals surface area (Å²) in [6, 6.07) is 12.2. The Kier molecular flexibility index (Phi) is 11.4. The lowest BCUT2D eigenvalue weighted by molar-refractivity contribution is -0.137. The monoisotopic (exact) mass is 693 g/mol. The number of benzene rings is 2. The SMILES string of the molecule is CC(C)CN1CCC(c2cn(-c3ccc(C(F)(F)F)cc3)c3cc(C(=O)N4CCN(C(C)C)C(C5CCN(CC(C)C)CC5)C4)ccc23)CC1. The Morgan fingerprint density at radius 1 is 0.780 bits per heavy atom. The van der Waals surface area contributed by atoms with Crippen LogP contribution in [-0.2, 0) is 6.18 Å². The lowest BCUT2D eigenvalue weighted by atomic mass is 9.86. The molecule has 50 heavy (non-hydrogen) atoms. The molecule has 1 atom stereocenters. The normalized spacial score (nSPS) is 21.4. The minimum atomic E-state index is -4.39. The molecule has 1 amide bonds. The van der Waals surface area contributed by atoms with Crippen molar-refractivity contribution in [1.82, 2.24) is 24.2 Å². The fourth-order valence-corrected chi connectivity index (χ4v) is 8.97. The second kappa shape index (κ2) is 15.4. The van der Waals surface area contributed by atoms with Crippen LogP contribution in [0.2, 0.25) is 0 Å². The van der Waals surface area contributed by atoms with Crippen molar-refractivity contribution in [3.05, 3.63) is 65.4 Å². The van der Waals surface area contributed by atoms with Crippen LogP contribution >= 0.6 is 0 Å². The second-order valence-electron chi connectivity index (χ2n) is 16.4. The van der Waals surface area contributed by atoms with Crippen molar-refractivity contribution in [3.63, 3.8) is 0 Å². The van der Waals surface area contributed by atoms with Crippen molar-refractivity contribution < 1.29 is 18.0 Å². The summed E-state index contributed by atoms with van der Waals surface area (Å²) in [7, 11) is 0. The molecule has 3 aromatic rings. The highest BCUT2D eigenvalue weighted by Gasteiger charge is 2.38. The maximum absolute atomic E-state index is 14.3. The van der Waals surface area contributed by atoms with Gasteiger partial charge >= 0.3 is 6.18 Å². The molecule has 9 heteroatoms. The van der Waals surface area contributed by atoms with Gasteiger partial charge in [0.25, 0.3) is 5.91 Å². The van der Waals surface area contributed by atoms with Crippen LogP contribution < -0.4 is 0 Å². The summed E-state index contributed by atoms with van der Waals surface area (Å²) >= 11 is 0. The van der Waals surface area contributed by atoms with Gasteiger partial charge in [-0.15, -0.1) is 0 Å². The quantitative estimate of drug-likeness (QED) is 0.226.